The minimum atomic E-state index is -3.87. The molecule has 0 fully saturated rings. The maximum Gasteiger partial charge on any atom is 0.268 e. The molecule has 0 saturated carbocycles. The zero-order valence-corrected chi connectivity index (χ0v) is 22.6. The fourth-order valence-electron chi connectivity index (χ4n) is 3.79. The van der Waals surface area contributed by atoms with E-state index in [2.05, 4.69) is 20.4 Å². The van der Waals surface area contributed by atoms with E-state index in [1.165, 1.54) is 22.2 Å². The predicted molar refractivity (Wildman–Crippen MR) is 145 cm³/mol. The van der Waals surface area contributed by atoms with Crippen LogP contribution in [0.15, 0.2) is 66.9 Å². The fourth-order valence-corrected chi connectivity index (χ4v) is 6.06. The molecule has 4 aromatic rings. The van der Waals surface area contributed by atoms with Gasteiger partial charge in [0.2, 0.25) is 10.0 Å². The Balaban J connectivity index is 1.45. The lowest BCUT2D eigenvalue weighted by Crippen LogP contribution is -2.32. The van der Waals surface area contributed by atoms with Crippen molar-refractivity contribution >= 4 is 38.2 Å². The van der Waals surface area contributed by atoms with Crippen molar-refractivity contribution in [2.24, 2.45) is 0 Å². The first kappa shape index (κ1) is 27.8. The molecule has 0 bridgehead atoms. The van der Waals surface area contributed by atoms with Crippen molar-refractivity contribution < 1.29 is 28.0 Å². The van der Waals surface area contributed by atoms with Gasteiger partial charge in [-0.15, -0.1) is 16.4 Å². The first-order chi connectivity index (χ1) is 18.7. The van der Waals surface area contributed by atoms with E-state index in [-0.39, 0.29) is 18.0 Å². The normalized spacial score (nSPS) is 12.0. The Hall–Kier alpha value is -4.27. The molecule has 0 spiro atoms. The number of ether oxygens (including phenoxy) is 1. The Kier molecular flexibility index (Phi) is 8.59. The largest absolute Gasteiger partial charge is 0.497 e. The lowest BCUT2D eigenvalue weighted by atomic mass is 10.1. The summed E-state index contributed by atoms with van der Waals surface area (Å²) in [7, 11) is -0.777. The number of amides is 2. The summed E-state index contributed by atoms with van der Waals surface area (Å²) in [6.45, 7) is 0. The minimum Gasteiger partial charge on any atom is -0.497 e. The average molecular weight is 571 g/mol. The molecule has 0 aliphatic heterocycles. The summed E-state index contributed by atoms with van der Waals surface area (Å²) in [5.41, 5.74) is 3.78. The second-order valence-electron chi connectivity index (χ2n) is 8.42. The van der Waals surface area contributed by atoms with Crippen LogP contribution < -0.4 is 20.3 Å². The Labute approximate surface area is 228 Å². The molecule has 4 rings (SSSR count). The van der Waals surface area contributed by atoms with Gasteiger partial charge in [-0.05, 0) is 47.5 Å². The molecule has 39 heavy (non-hydrogen) atoms. The number of anilines is 1. The van der Waals surface area contributed by atoms with Crippen LogP contribution in [0.5, 0.6) is 5.75 Å². The van der Waals surface area contributed by atoms with Crippen LogP contribution in [0.2, 0.25) is 0 Å². The van der Waals surface area contributed by atoms with Crippen LogP contribution in [-0.2, 0) is 27.0 Å². The number of sulfonamides is 1. The van der Waals surface area contributed by atoms with E-state index in [9.17, 15) is 23.2 Å². The molecule has 0 aliphatic carbocycles. The Morgan fingerprint density at radius 3 is 2.59 bits per heavy atom. The van der Waals surface area contributed by atoms with Crippen LogP contribution in [0.4, 0.5) is 5.00 Å². The van der Waals surface area contributed by atoms with E-state index in [0.717, 1.165) is 16.0 Å². The average Bonchev–Trinajstić information content (AvgIpc) is 3.60. The zero-order valence-electron chi connectivity index (χ0n) is 21.0. The number of methoxy groups -OCH3 is 1. The number of benzene rings is 2. The number of nitrogens with zero attached hydrogens (tertiary/aromatic N) is 3. The number of carbonyl (C=O) groups excluding carboxylic acids is 2. The van der Waals surface area contributed by atoms with Crippen molar-refractivity contribution in [1.29, 1.82) is 0 Å². The fraction of sp³-hybridized carbons (Fsp3) is 0.200. The van der Waals surface area contributed by atoms with Crippen LogP contribution in [0.1, 0.15) is 27.7 Å². The van der Waals surface area contributed by atoms with Crippen molar-refractivity contribution in [2.75, 3.05) is 18.9 Å². The molecular formula is C25H26N6O6S2. The number of hydrogen-bond donors (Lipinski definition) is 4. The summed E-state index contributed by atoms with van der Waals surface area (Å²) in [6, 6.07) is 16.5. The molecule has 0 unspecified atom stereocenters. The van der Waals surface area contributed by atoms with Gasteiger partial charge in [0.05, 0.1) is 19.0 Å². The number of carbonyl (C=O) groups is 2. The van der Waals surface area contributed by atoms with E-state index < -0.39 is 27.7 Å². The third kappa shape index (κ3) is 6.98. The molecule has 2 aromatic heterocycles. The van der Waals surface area contributed by atoms with Crippen LogP contribution in [0.3, 0.4) is 0 Å². The summed E-state index contributed by atoms with van der Waals surface area (Å²) >= 11 is 1.22. The first-order valence-electron chi connectivity index (χ1n) is 11.6. The van der Waals surface area contributed by atoms with Gasteiger partial charge in [-0.2, -0.15) is 0 Å². The number of hydrogen-bond acceptors (Lipinski definition) is 9. The maximum atomic E-state index is 12.9. The zero-order chi connectivity index (χ0) is 28.0. The van der Waals surface area contributed by atoms with E-state index >= 15 is 0 Å². The Morgan fingerprint density at radius 2 is 1.90 bits per heavy atom. The smallest absolute Gasteiger partial charge is 0.268 e. The molecule has 0 aliphatic rings. The lowest BCUT2D eigenvalue weighted by Gasteiger charge is -2.15. The van der Waals surface area contributed by atoms with Crippen molar-refractivity contribution in [1.82, 2.24) is 25.8 Å². The minimum absolute atomic E-state index is 0.114. The molecule has 0 saturated heterocycles. The van der Waals surface area contributed by atoms with Crippen molar-refractivity contribution in [3.8, 4) is 16.2 Å². The number of rotatable bonds is 11. The van der Waals surface area contributed by atoms with Crippen LogP contribution in [-0.4, -0.2) is 54.6 Å². The second kappa shape index (κ2) is 12.1. The highest BCUT2D eigenvalue weighted by Crippen LogP contribution is 2.32. The Bertz CT molecular complexity index is 1570. The van der Waals surface area contributed by atoms with Crippen molar-refractivity contribution in [2.45, 2.75) is 18.2 Å². The lowest BCUT2D eigenvalue weighted by molar-refractivity contribution is -0.133. The molecular weight excluding hydrogens is 544 g/mol. The number of nitrogens with one attached hydrogen (secondary N) is 3. The van der Waals surface area contributed by atoms with Gasteiger partial charge in [0.15, 0.2) is 0 Å². The van der Waals surface area contributed by atoms with Gasteiger partial charge in [-0.3, -0.25) is 19.5 Å². The molecule has 14 heteroatoms. The molecule has 12 nitrogen and oxygen atoms in total. The van der Waals surface area contributed by atoms with Gasteiger partial charge in [-0.25, -0.2) is 18.6 Å². The molecule has 2 aromatic carbocycles. The standard InChI is InChI=1S/C25H26N6O6S2/c1-26-24(32)18-5-3-4-17(13-18)22-10-11-23(38-22)29-39(35,36)15-19-14-31(30-27-19)21(25(33)28-34)12-16-6-8-20(37-2)9-7-16/h3-11,13-14,21,29,34H,12,15H2,1-2H3,(H,26,32)(H,28,33)/t21-/m0/s1. The summed E-state index contributed by atoms with van der Waals surface area (Å²) in [4.78, 5) is 25.0. The van der Waals surface area contributed by atoms with Gasteiger partial charge in [0.1, 0.15) is 22.5 Å². The Morgan fingerprint density at radius 1 is 1.13 bits per heavy atom. The van der Waals surface area contributed by atoms with Crippen molar-refractivity contribution in [3.05, 3.63) is 83.7 Å². The molecule has 0 radical (unpaired) electrons. The number of thiophene rings is 1. The van der Waals surface area contributed by atoms with E-state index in [0.29, 0.717) is 16.3 Å². The van der Waals surface area contributed by atoms with Crippen LogP contribution >= 0.6 is 11.3 Å². The van der Waals surface area contributed by atoms with Gasteiger partial charge >= 0.3 is 0 Å². The quantitative estimate of drug-likeness (QED) is 0.158. The van der Waals surface area contributed by atoms with Crippen LogP contribution in [0.25, 0.3) is 10.4 Å². The van der Waals surface area contributed by atoms with Gasteiger partial charge < -0.3 is 10.1 Å². The highest BCUT2D eigenvalue weighted by molar-refractivity contribution is 7.92. The summed E-state index contributed by atoms with van der Waals surface area (Å²) in [5, 5.41) is 20.0. The second-order valence-corrected chi connectivity index (χ2v) is 11.2. The molecule has 1 atom stereocenters. The molecule has 4 N–H and O–H groups in total. The highest BCUT2D eigenvalue weighted by Gasteiger charge is 2.24. The molecule has 2 amide bonds. The molecule has 2 heterocycles. The van der Waals surface area contributed by atoms with Gasteiger partial charge in [0, 0.05) is 23.9 Å². The predicted octanol–water partition coefficient (Wildman–Crippen LogP) is 2.61. The summed E-state index contributed by atoms with van der Waals surface area (Å²) < 4.78 is 34.6. The monoisotopic (exact) mass is 570 g/mol. The van der Waals surface area contributed by atoms with Gasteiger partial charge in [-0.1, -0.05) is 29.5 Å². The third-order valence-electron chi connectivity index (χ3n) is 5.71. The van der Waals surface area contributed by atoms with E-state index in [4.69, 9.17) is 4.74 Å². The first-order valence-corrected chi connectivity index (χ1v) is 14.1. The van der Waals surface area contributed by atoms with E-state index in [1.807, 2.05) is 6.07 Å². The third-order valence-corrected chi connectivity index (χ3v) is 8.10. The number of hydroxylamine groups is 1. The van der Waals surface area contributed by atoms with Crippen LogP contribution in [0, 0.1) is 0 Å². The molecule has 204 valence electrons. The maximum absolute atomic E-state index is 12.9. The number of aromatic nitrogens is 3. The van der Waals surface area contributed by atoms with E-state index in [1.54, 1.807) is 74.2 Å². The SMILES string of the molecule is CNC(=O)c1cccc(-c2ccc(NS(=O)(=O)Cc3cn([C@@H](Cc4ccc(OC)cc4)C(=O)NO)nn3)s2)c1. The summed E-state index contributed by atoms with van der Waals surface area (Å²) in [6.07, 6.45) is 1.52. The van der Waals surface area contributed by atoms with Crippen molar-refractivity contribution in [3.63, 3.8) is 0 Å². The topological polar surface area (TPSA) is 165 Å². The summed E-state index contributed by atoms with van der Waals surface area (Å²) in [5.74, 6) is -0.777. The highest BCUT2D eigenvalue weighted by atomic mass is 32.2. The van der Waals surface area contributed by atoms with Gasteiger partial charge in [0.25, 0.3) is 11.8 Å².